The van der Waals surface area contributed by atoms with Crippen LogP contribution in [0.4, 0.5) is 5.95 Å². The second-order valence-electron chi connectivity index (χ2n) is 4.50. The fraction of sp³-hybridized carbons (Fsp3) is 0.636. The molecule has 7 heteroatoms. The van der Waals surface area contributed by atoms with Crippen molar-refractivity contribution >= 4 is 35.9 Å². The molecule has 0 aromatic carbocycles. The quantitative estimate of drug-likeness (QED) is 0.472. The van der Waals surface area contributed by atoms with E-state index >= 15 is 0 Å². The maximum atomic E-state index is 5.74. The Morgan fingerprint density at radius 2 is 2.17 bits per heavy atom. The molecule has 0 saturated heterocycles. The van der Waals surface area contributed by atoms with E-state index < -0.39 is 0 Å². The summed E-state index contributed by atoms with van der Waals surface area (Å²) in [7, 11) is 5.90. The molecule has 0 bridgehead atoms. The van der Waals surface area contributed by atoms with Gasteiger partial charge in [0.2, 0.25) is 5.95 Å². The molecule has 0 amide bonds. The molecule has 0 radical (unpaired) electrons. The topological polar surface area (TPSA) is 71.5 Å². The monoisotopic (exact) mass is 366 g/mol. The van der Waals surface area contributed by atoms with Crippen molar-refractivity contribution in [1.29, 1.82) is 0 Å². The third kappa shape index (κ3) is 4.71. The molecule has 0 aliphatic rings. The molecule has 0 saturated carbocycles. The van der Waals surface area contributed by atoms with E-state index in [9.17, 15) is 0 Å². The van der Waals surface area contributed by atoms with Crippen molar-refractivity contribution in [1.82, 2.24) is 14.9 Å². The smallest absolute Gasteiger partial charge is 0.204 e. The van der Waals surface area contributed by atoms with Gasteiger partial charge >= 0.3 is 0 Å². The molecular weight excluding hydrogens is 343 g/mol. The maximum absolute atomic E-state index is 5.74. The van der Waals surface area contributed by atoms with Gasteiger partial charge in [0.25, 0.3) is 0 Å². The Morgan fingerprint density at radius 1 is 1.56 bits per heavy atom. The van der Waals surface area contributed by atoms with E-state index in [0.29, 0.717) is 18.5 Å². The van der Waals surface area contributed by atoms with E-state index in [1.165, 1.54) is 0 Å². The molecule has 104 valence electrons. The predicted octanol–water partition coefficient (Wildman–Crippen LogP) is 0.917. The average Bonchev–Trinajstić information content (AvgIpc) is 2.55. The Balaban J connectivity index is 0.00000289. The first-order chi connectivity index (χ1) is 7.91. The zero-order valence-electron chi connectivity index (χ0n) is 11.6. The molecule has 18 heavy (non-hydrogen) atoms. The van der Waals surface area contributed by atoms with Crippen LogP contribution in [0.25, 0.3) is 0 Å². The van der Waals surface area contributed by atoms with Crippen LogP contribution in [-0.2, 0) is 13.6 Å². The number of anilines is 1. The van der Waals surface area contributed by atoms with Gasteiger partial charge in [-0.05, 0) is 13.8 Å². The number of halogens is 1. The van der Waals surface area contributed by atoms with Gasteiger partial charge in [-0.1, -0.05) is 0 Å². The lowest BCUT2D eigenvalue weighted by Crippen LogP contribution is -2.36. The fourth-order valence-corrected chi connectivity index (χ4v) is 1.50. The lowest BCUT2D eigenvalue weighted by atomic mass is 10.4. The number of nitrogens with zero attached hydrogens (tertiary/aromatic N) is 4. The van der Waals surface area contributed by atoms with Crippen LogP contribution in [0, 0.1) is 0 Å². The number of aromatic nitrogens is 2. The van der Waals surface area contributed by atoms with Crippen molar-refractivity contribution in [3.8, 4) is 0 Å². The molecule has 1 rings (SSSR count). The van der Waals surface area contributed by atoms with E-state index in [0.717, 1.165) is 11.6 Å². The number of nitrogens with one attached hydrogen (secondary N) is 1. The van der Waals surface area contributed by atoms with Crippen molar-refractivity contribution in [3.05, 3.63) is 11.9 Å². The van der Waals surface area contributed by atoms with Crippen LogP contribution >= 0.6 is 24.0 Å². The summed E-state index contributed by atoms with van der Waals surface area (Å²) in [5.74, 6) is 1.37. The van der Waals surface area contributed by atoms with Gasteiger partial charge in [0, 0.05) is 27.2 Å². The molecule has 1 aromatic heterocycles. The maximum Gasteiger partial charge on any atom is 0.204 e. The minimum absolute atomic E-state index is 0. The van der Waals surface area contributed by atoms with Gasteiger partial charge in [-0.3, -0.25) is 0 Å². The standard InChI is InChI=1S/C11H22N6.HI/c1-8(2)15-10(12)13-6-9-7-14-11(16(3)4)17(9)5;/h7-8H,6H2,1-5H3,(H3,12,13,15);1H. The summed E-state index contributed by atoms with van der Waals surface area (Å²) in [4.78, 5) is 10.5. The lowest BCUT2D eigenvalue weighted by molar-refractivity contribution is 0.720. The number of hydrogen-bond acceptors (Lipinski definition) is 3. The summed E-state index contributed by atoms with van der Waals surface area (Å²) in [6.07, 6.45) is 1.82. The predicted molar refractivity (Wildman–Crippen MR) is 86.5 cm³/mol. The van der Waals surface area contributed by atoms with Gasteiger partial charge in [0.05, 0.1) is 18.4 Å². The van der Waals surface area contributed by atoms with Gasteiger partial charge in [-0.2, -0.15) is 0 Å². The third-order valence-corrected chi connectivity index (χ3v) is 2.31. The van der Waals surface area contributed by atoms with Crippen LogP contribution in [0.2, 0.25) is 0 Å². The Morgan fingerprint density at radius 3 is 2.61 bits per heavy atom. The summed E-state index contributed by atoms with van der Waals surface area (Å²) in [6.45, 7) is 4.58. The Kier molecular flexibility index (Phi) is 7.04. The number of hydrogen-bond donors (Lipinski definition) is 2. The van der Waals surface area contributed by atoms with Crippen molar-refractivity contribution < 1.29 is 0 Å². The number of imidazole rings is 1. The molecule has 1 aromatic rings. The van der Waals surface area contributed by atoms with E-state index in [4.69, 9.17) is 5.73 Å². The van der Waals surface area contributed by atoms with Crippen LogP contribution in [0.15, 0.2) is 11.2 Å². The summed E-state index contributed by atoms with van der Waals surface area (Å²) in [5.41, 5.74) is 6.77. The summed E-state index contributed by atoms with van der Waals surface area (Å²) >= 11 is 0. The zero-order chi connectivity index (χ0) is 13.0. The summed E-state index contributed by atoms with van der Waals surface area (Å²) in [5, 5.41) is 3.05. The molecule has 0 unspecified atom stereocenters. The van der Waals surface area contributed by atoms with E-state index in [1.807, 2.05) is 50.7 Å². The number of nitrogens with two attached hydrogens (primary N) is 1. The average molecular weight is 366 g/mol. The molecule has 0 atom stereocenters. The SMILES string of the molecule is CC(C)NC(N)=NCc1cnc(N(C)C)n1C.I. The highest BCUT2D eigenvalue weighted by Gasteiger charge is 2.07. The molecular formula is C11H23IN6. The molecule has 3 N–H and O–H groups in total. The Labute approximate surface area is 126 Å². The van der Waals surface area contributed by atoms with E-state index in [-0.39, 0.29) is 24.0 Å². The van der Waals surface area contributed by atoms with Crippen molar-refractivity contribution in [2.24, 2.45) is 17.8 Å². The Hall–Kier alpha value is -0.990. The highest BCUT2D eigenvalue weighted by molar-refractivity contribution is 14.0. The lowest BCUT2D eigenvalue weighted by Gasteiger charge is -2.12. The first kappa shape index (κ1) is 17.0. The molecule has 0 aliphatic carbocycles. The van der Waals surface area contributed by atoms with Gasteiger partial charge in [0.1, 0.15) is 0 Å². The normalized spacial score (nSPS) is 11.3. The highest BCUT2D eigenvalue weighted by Crippen LogP contribution is 2.11. The number of rotatable bonds is 4. The van der Waals surface area contributed by atoms with Gasteiger partial charge in [0.15, 0.2) is 5.96 Å². The second kappa shape index (κ2) is 7.45. The van der Waals surface area contributed by atoms with Crippen molar-refractivity contribution in [3.63, 3.8) is 0 Å². The first-order valence-corrected chi connectivity index (χ1v) is 5.66. The summed E-state index contributed by atoms with van der Waals surface area (Å²) < 4.78 is 2.01. The third-order valence-electron chi connectivity index (χ3n) is 2.31. The van der Waals surface area contributed by atoms with Crippen LogP contribution in [-0.4, -0.2) is 35.6 Å². The van der Waals surface area contributed by atoms with E-state index in [1.54, 1.807) is 0 Å². The Bertz CT molecular complexity index is 396. The minimum Gasteiger partial charge on any atom is -0.370 e. The molecule has 1 heterocycles. The first-order valence-electron chi connectivity index (χ1n) is 5.66. The van der Waals surface area contributed by atoms with Crippen LogP contribution in [0.3, 0.4) is 0 Å². The van der Waals surface area contributed by atoms with Crippen molar-refractivity contribution in [2.75, 3.05) is 19.0 Å². The second-order valence-corrected chi connectivity index (χ2v) is 4.50. The number of guanidine groups is 1. The summed E-state index contributed by atoms with van der Waals surface area (Å²) in [6, 6.07) is 0.294. The number of aliphatic imine (C=N–C) groups is 1. The van der Waals surface area contributed by atoms with Gasteiger partial charge in [-0.25, -0.2) is 9.98 Å². The largest absolute Gasteiger partial charge is 0.370 e. The van der Waals surface area contributed by atoms with Gasteiger partial charge < -0.3 is 20.5 Å². The fourth-order valence-electron chi connectivity index (χ4n) is 1.50. The zero-order valence-corrected chi connectivity index (χ0v) is 14.0. The van der Waals surface area contributed by atoms with Crippen LogP contribution in [0.5, 0.6) is 0 Å². The van der Waals surface area contributed by atoms with Crippen LogP contribution in [0.1, 0.15) is 19.5 Å². The molecule has 0 fully saturated rings. The van der Waals surface area contributed by atoms with Crippen LogP contribution < -0.4 is 16.0 Å². The minimum atomic E-state index is 0. The molecule has 0 spiro atoms. The van der Waals surface area contributed by atoms with Crippen molar-refractivity contribution in [2.45, 2.75) is 26.4 Å². The van der Waals surface area contributed by atoms with Gasteiger partial charge in [-0.15, -0.1) is 24.0 Å². The highest BCUT2D eigenvalue weighted by atomic mass is 127. The van der Waals surface area contributed by atoms with E-state index in [2.05, 4.69) is 15.3 Å². The molecule has 0 aliphatic heterocycles. The molecule has 6 nitrogen and oxygen atoms in total.